The first-order valence-electron chi connectivity index (χ1n) is 6.93. The minimum atomic E-state index is -0.261. The molecule has 1 atom stereocenters. The molecule has 1 amide bonds. The maximum absolute atomic E-state index is 12.4. The number of ether oxygens (including phenoxy) is 1. The highest BCUT2D eigenvalue weighted by atomic mass is 35.5. The van der Waals surface area contributed by atoms with E-state index in [4.69, 9.17) is 27.9 Å². The van der Waals surface area contributed by atoms with E-state index in [9.17, 15) is 4.79 Å². The molecule has 1 unspecified atom stereocenters. The Labute approximate surface area is 135 Å². The summed E-state index contributed by atoms with van der Waals surface area (Å²) in [6.07, 6.45) is 0. The number of nitrogens with zero attached hydrogens (tertiary/aromatic N) is 1. The van der Waals surface area contributed by atoms with Gasteiger partial charge in [0, 0.05) is 13.1 Å². The fraction of sp³-hybridized carbons (Fsp3) is 0.533. The summed E-state index contributed by atoms with van der Waals surface area (Å²) >= 11 is 12.0. The number of hydrogen-bond acceptors (Lipinski definition) is 3. The van der Waals surface area contributed by atoms with Gasteiger partial charge < -0.3 is 10.1 Å². The van der Waals surface area contributed by atoms with Crippen LogP contribution in [0.4, 0.5) is 5.69 Å². The first-order chi connectivity index (χ1) is 9.80. The van der Waals surface area contributed by atoms with E-state index in [1.165, 1.54) is 0 Å². The van der Waals surface area contributed by atoms with Gasteiger partial charge in [-0.2, -0.15) is 0 Å². The van der Waals surface area contributed by atoms with Crippen LogP contribution in [-0.4, -0.2) is 42.1 Å². The van der Waals surface area contributed by atoms with Crippen molar-refractivity contribution in [3.63, 3.8) is 0 Å². The van der Waals surface area contributed by atoms with Crippen LogP contribution in [0.1, 0.15) is 20.8 Å². The van der Waals surface area contributed by atoms with Gasteiger partial charge in [-0.25, -0.2) is 0 Å². The molecule has 6 heteroatoms. The van der Waals surface area contributed by atoms with Crippen LogP contribution in [0, 0.1) is 0 Å². The lowest BCUT2D eigenvalue weighted by molar-refractivity contribution is -0.129. The number of carbonyl (C=O) groups excluding carboxylic acids is 1. The highest BCUT2D eigenvalue weighted by Crippen LogP contribution is 2.29. The van der Waals surface area contributed by atoms with E-state index in [1.54, 1.807) is 18.2 Å². The molecular formula is C15H20Cl2N2O2. The lowest BCUT2D eigenvalue weighted by atomic mass is 10.1. The van der Waals surface area contributed by atoms with Crippen LogP contribution in [-0.2, 0) is 9.53 Å². The highest BCUT2D eigenvalue weighted by molar-refractivity contribution is 6.44. The van der Waals surface area contributed by atoms with E-state index < -0.39 is 0 Å². The van der Waals surface area contributed by atoms with Crippen LogP contribution in [0.3, 0.4) is 0 Å². The standard InChI is InChI=1S/C15H20Cl2N2O2/c1-10(19-7-8-21-15(2,3)9-19)14(20)18-12-6-4-5-11(16)13(12)17/h4-6,10H,7-9H2,1-3H3,(H,18,20). The maximum atomic E-state index is 12.4. The number of amides is 1. The van der Waals surface area contributed by atoms with Crippen molar-refractivity contribution in [2.45, 2.75) is 32.4 Å². The third-order valence-corrected chi connectivity index (χ3v) is 4.41. The van der Waals surface area contributed by atoms with Crippen molar-refractivity contribution in [3.05, 3.63) is 28.2 Å². The molecule has 0 aromatic heterocycles. The fourth-order valence-corrected chi connectivity index (χ4v) is 2.73. The van der Waals surface area contributed by atoms with E-state index in [0.717, 1.165) is 6.54 Å². The Kier molecular flexibility index (Phi) is 5.15. The van der Waals surface area contributed by atoms with Crippen molar-refractivity contribution < 1.29 is 9.53 Å². The van der Waals surface area contributed by atoms with E-state index in [-0.39, 0.29) is 17.6 Å². The molecule has 0 bridgehead atoms. The first-order valence-corrected chi connectivity index (χ1v) is 7.69. The van der Waals surface area contributed by atoms with Crippen molar-refractivity contribution in [1.29, 1.82) is 0 Å². The largest absolute Gasteiger partial charge is 0.373 e. The third-order valence-electron chi connectivity index (χ3n) is 3.59. The molecule has 1 fully saturated rings. The first kappa shape index (κ1) is 16.6. The summed E-state index contributed by atoms with van der Waals surface area (Å²) < 4.78 is 5.67. The Morgan fingerprint density at radius 2 is 2.14 bits per heavy atom. The number of benzene rings is 1. The van der Waals surface area contributed by atoms with Gasteiger partial charge in [0.1, 0.15) is 0 Å². The Morgan fingerprint density at radius 3 is 2.81 bits per heavy atom. The van der Waals surface area contributed by atoms with Gasteiger partial charge in [0.05, 0.1) is 34.0 Å². The molecule has 1 saturated heterocycles. The van der Waals surface area contributed by atoms with Gasteiger partial charge in [-0.1, -0.05) is 29.3 Å². The van der Waals surface area contributed by atoms with Gasteiger partial charge in [-0.15, -0.1) is 0 Å². The number of morpholine rings is 1. The predicted octanol–water partition coefficient (Wildman–Crippen LogP) is 3.43. The minimum absolute atomic E-state index is 0.100. The van der Waals surface area contributed by atoms with Gasteiger partial charge in [-0.3, -0.25) is 9.69 Å². The highest BCUT2D eigenvalue weighted by Gasteiger charge is 2.32. The second-order valence-electron chi connectivity index (χ2n) is 5.85. The molecule has 0 saturated carbocycles. The van der Waals surface area contributed by atoms with Gasteiger partial charge >= 0.3 is 0 Å². The Bertz CT molecular complexity index is 534. The number of anilines is 1. The van der Waals surface area contributed by atoms with E-state index in [0.29, 0.717) is 28.9 Å². The average molecular weight is 331 g/mol. The number of nitrogens with one attached hydrogen (secondary N) is 1. The Hall–Kier alpha value is -0.810. The number of hydrogen-bond donors (Lipinski definition) is 1. The average Bonchev–Trinajstić information content (AvgIpc) is 2.42. The number of carbonyl (C=O) groups is 1. The third kappa shape index (κ3) is 4.10. The van der Waals surface area contributed by atoms with Crippen molar-refractivity contribution >= 4 is 34.8 Å². The lowest BCUT2D eigenvalue weighted by Crippen LogP contribution is -2.54. The lowest BCUT2D eigenvalue weighted by Gasteiger charge is -2.40. The van der Waals surface area contributed by atoms with Crippen LogP contribution in [0.2, 0.25) is 10.0 Å². The minimum Gasteiger partial charge on any atom is -0.373 e. The molecule has 1 aromatic rings. The topological polar surface area (TPSA) is 41.6 Å². The Morgan fingerprint density at radius 1 is 1.43 bits per heavy atom. The van der Waals surface area contributed by atoms with Crippen molar-refractivity contribution in [3.8, 4) is 0 Å². The number of rotatable bonds is 3. The maximum Gasteiger partial charge on any atom is 0.241 e. The van der Waals surface area contributed by atoms with Crippen LogP contribution in [0.15, 0.2) is 18.2 Å². The van der Waals surface area contributed by atoms with Gasteiger partial charge in [-0.05, 0) is 32.9 Å². The summed E-state index contributed by atoms with van der Waals surface area (Å²) in [6, 6.07) is 4.92. The summed E-state index contributed by atoms with van der Waals surface area (Å²) in [7, 11) is 0. The molecular weight excluding hydrogens is 311 g/mol. The summed E-state index contributed by atoms with van der Waals surface area (Å²) in [5.41, 5.74) is 0.300. The molecule has 1 heterocycles. The van der Waals surface area contributed by atoms with Gasteiger partial charge in [0.25, 0.3) is 0 Å². The smallest absolute Gasteiger partial charge is 0.241 e. The van der Waals surface area contributed by atoms with Crippen molar-refractivity contribution in [2.75, 3.05) is 25.0 Å². The summed E-state index contributed by atoms with van der Waals surface area (Å²) in [4.78, 5) is 14.5. The van der Waals surface area contributed by atoms with Crippen LogP contribution in [0.25, 0.3) is 0 Å². The molecule has 1 aliphatic rings. The van der Waals surface area contributed by atoms with Crippen LogP contribution < -0.4 is 5.32 Å². The zero-order chi connectivity index (χ0) is 15.6. The SMILES string of the molecule is CC(C(=O)Nc1cccc(Cl)c1Cl)N1CCOC(C)(C)C1. The molecule has 4 nitrogen and oxygen atoms in total. The molecule has 1 aliphatic heterocycles. The zero-order valence-corrected chi connectivity index (χ0v) is 14.0. The molecule has 2 rings (SSSR count). The molecule has 1 aromatic carbocycles. The van der Waals surface area contributed by atoms with Crippen LogP contribution >= 0.6 is 23.2 Å². The summed E-state index contributed by atoms with van der Waals surface area (Å²) in [5, 5.41) is 3.63. The quantitative estimate of drug-likeness (QED) is 0.923. The van der Waals surface area contributed by atoms with Crippen molar-refractivity contribution in [1.82, 2.24) is 4.90 Å². The molecule has 0 spiro atoms. The monoisotopic (exact) mass is 330 g/mol. The fourth-order valence-electron chi connectivity index (χ4n) is 2.39. The van der Waals surface area contributed by atoms with Crippen molar-refractivity contribution in [2.24, 2.45) is 0 Å². The summed E-state index contributed by atoms with van der Waals surface area (Å²) in [6.45, 7) is 8.01. The molecule has 0 aliphatic carbocycles. The molecule has 1 N–H and O–H groups in total. The molecule has 0 radical (unpaired) electrons. The van der Waals surface area contributed by atoms with Gasteiger partial charge in [0.15, 0.2) is 0 Å². The second-order valence-corrected chi connectivity index (χ2v) is 6.63. The summed E-state index contributed by atoms with van der Waals surface area (Å²) in [5.74, 6) is -0.100. The predicted molar refractivity (Wildman–Crippen MR) is 86.2 cm³/mol. The number of halogens is 2. The van der Waals surface area contributed by atoms with E-state index in [2.05, 4.69) is 10.2 Å². The normalized spacial score (nSPS) is 20.0. The zero-order valence-electron chi connectivity index (χ0n) is 12.5. The van der Waals surface area contributed by atoms with Gasteiger partial charge in [0.2, 0.25) is 5.91 Å². The molecule has 116 valence electrons. The second kappa shape index (κ2) is 6.53. The van der Waals surface area contributed by atoms with E-state index in [1.807, 2.05) is 20.8 Å². The Balaban J connectivity index is 2.04. The van der Waals surface area contributed by atoms with Crippen LogP contribution in [0.5, 0.6) is 0 Å². The molecule has 21 heavy (non-hydrogen) atoms. The van der Waals surface area contributed by atoms with E-state index >= 15 is 0 Å².